The van der Waals surface area contributed by atoms with Gasteiger partial charge in [-0.05, 0) is 53.6 Å². The van der Waals surface area contributed by atoms with Gasteiger partial charge in [-0.1, -0.05) is 30.3 Å². The van der Waals surface area contributed by atoms with E-state index in [-0.39, 0.29) is 29.4 Å². The van der Waals surface area contributed by atoms with Gasteiger partial charge in [0.25, 0.3) is 22.5 Å². The van der Waals surface area contributed by atoms with Gasteiger partial charge in [0, 0.05) is 24.3 Å². The molecule has 3 aromatic rings. The van der Waals surface area contributed by atoms with Crippen LogP contribution in [-0.4, -0.2) is 32.5 Å². The predicted molar refractivity (Wildman–Crippen MR) is 140 cm³/mol. The molecule has 12 heteroatoms. The Balaban J connectivity index is 1.48. The molecule has 1 fully saturated rings. The third-order valence-electron chi connectivity index (χ3n) is 5.44. The summed E-state index contributed by atoms with van der Waals surface area (Å²) in [7, 11) is 0. The van der Waals surface area contributed by atoms with Gasteiger partial charge in [-0.3, -0.25) is 34.7 Å². The van der Waals surface area contributed by atoms with Crippen LogP contribution in [0, 0.1) is 20.2 Å². The zero-order chi connectivity index (χ0) is 27.2. The second-order valence-corrected chi connectivity index (χ2v) is 9.04. The van der Waals surface area contributed by atoms with Gasteiger partial charge in [0.2, 0.25) is 0 Å². The lowest BCUT2D eigenvalue weighted by Crippen LogP contribution is -2.27. The largest absolute Gasteiger partial charge is 0.490 e. The second-order valence-electron chi connectivity index (χ2n) is 8.05. The van der Waals surface area contributed by atoms with Crippen molar-refractivity contribution in [3.63, 3.8) is 0 Å². The maximum Gasteiger partial charge on any atom is 0.293 e. The number of imide groups is 1. The molecule has 0 aliphatic carbocycles. The fraction of sp³-hybridized carbons (Fsp3) is 0.154. The molecule has 38 heavy (non-hydrogen) atoms. The lowest BCUT2D eigenvalue weighted by molar-refractivity contribution is -0.385. The fourth-order valence-corrected chi connectivity index (χ4v) is 4.45. The maximum absolute atomic E-state index is 12.9. The van der Waals surface area contributed by atoms with Crippen LogP contribution >= 0.6 is 11.8 Å². The third kappa shape index (κ3) is 6.16. The summed E-state index contributed by atoms with van der Waals surface area (Å²) in [4.78, 5) is 47.6. The van der Waals surface area contributed by atoms with Gasteiger partial charge < -0.3 is 9.47 Å². The van der Waals surface area contributed by atoms with E-state index >= 15 is 0 Å². The molecule has 0 radical (unpaired) electrons. The van der Waals surface area contributed by atoms with E-state index in [0.717, 1.165) is 16.7 Å². The van der Waals surface area contributed by atoms with E-state index in [1.807, 2.05) is 0 Å². The van der Waals surface area contributed by atoms with E-state index in [1.54, 1.807) is 43.3 Å². The van der Waals surface area contributed by atoms with Gasteiger partial charge >= 0.3 is 0 Å². The molecule has 0 spiro atoms. The molecule has 11 nitrogen and oxygen atoms in total. The first-order valence-electron chi connectivity index (χ1n) is 11.4. The number of carbonyl (C=O) groups excluding carboxylic acids is 2. The van der Waals surface area contributed by atoms with Crippen LogP contribution in [-0.2, 0) is 17.9 Å². The molecular formula is C26H21N3O8S. The summed E-state index contributed by atoms with van der Waals surface area (Å²) in [6.45, 7) is 2.24. The summed E-state index contributed by atoms with van der Waals surface area (Å²) < 4.78 is 11.5. The first kappa shape index (κ1) is 26.4. The molecule has 1 saturated heterocycles. The van der Waals surface area contributed by atoms with Crippen LogP contribution in [0.2, 0.25) is 0 Å². The van der Waals surface area contributed by atoms with E-state index in [0.29, 0.717) is 34.8 Å². The van der Waals surface area contributed by atoms with E-state index in [2.05, 4.69) is 0 Å². The number of non-ortho nitro benzene ring substituents is 2. The molecule has 1 aliphatic heterocycles. The fourth-order valence-electron chi connectivity index (χ4n) is 3.62. The van der Waals surface area contributed by atoms with Crippen molar-refractivity contribution >= 4 is 40.4 Å². The highest BCUT2D eigenvalue weighted by molar-refractivity contribution is 8.18. The summed E-state index contributed by atoms with van der Waals surface area (Å²) in [5, 5.41) is 21.4. The first-order chi connectivity index (χ1) is 18.2. The Morgan fingerprint density at radius 2 is 1.61 bits per heavy atom. The van der Waals surface area contributed by atoms with Gasteiger partial charge in [0.15, 0.2) is 11.5 Å². The zero-order valence-electron chi connectivity index (χ0n) is 20.1. The van der Waals surface area contributed by atoms with Crippen LogP contribution in [0.3, 0.4) is 0 Å². The van der Waals surface area contributed by atoms with Crippen molar-refractivity contribution in [1.82, 2.24) is 4.90 Å². The summed E-state index contributed by atoms with van der Waals surface area (Å²) in [6, 6.07) is 16.8. The number of nitrogens with zero attached hydrogens (tertiary/aromatic N) is 3. The minimum Gasteiger partial charge on any atom is -0.490 e. The Labute approximate surface area is 221 Å². The Bertz CT molecular complexity index is 1440. The highest BCUT2D eigenvalue weighted by Crippen LogP contribution is 2.36. The molecule has 3 aromatic carbocycles. The van der Waals surface area contributed by atoms with Crippen molar-refractivity contribution < 1.29 is 28.9 Å². The average molecular weight is 536 g/mol. The summed E-state index contributed by atoms with van der Waals surface area (Å²) in [6.07, 6.45) is 1.58. The number of rotatable bonds is 10. The van der Waals surface area contributed by atoms with Crippen molar-refractivity contribution in [3.8, 4) is 11.5 Å². The molecule has 1 heterocycles. The van der Waals surface area contributed by atoms with Gasteiger partial charge in [-0.2, -0.15) is 0 Å². The Hall–Kier alpha value is -4.71. The van der Waals surface area contributed by atoms with Crippen molar-refractivity contribution in [2.75, 3.05) is 6.61 Å². The van der Waals surface area contributed by atoms with Gasteiger partial charge in [0.1, 0.15) is 6.61 Å². The normalized spacial score (nSPS) is 14.1. The number of nitro benzene ring substituents is 2. The number of nitro groups is 2. The van der Waals surface area contributed by atoms with Crippen LogP contribution in [0.25, 0.3) is 6.08 Å². The molecule has 2 amide bonds. The number of amides is 2. The lowest BCUT2D eigenvalue weighted by Gasteiger charge is -2.13. The Kier molecular flexibility index (Phi) is 8.02. The molecule has 0 atom stereocenters. The topological polar surface area (TPSA) is 142 Å². The Morgan fingerprint density at radius 3 is 2.29 bits per heavy atom. The SMILES string of the molecule is CCOc1cc(/C=C2\SC(=O)N(Cc3ccc([N+](=O)[O-])cc3)C2=O)ccc1OCc1cccc([N+](=O)[O-])c1. The van der Waals surface area contributed by atoms with E-state index in [9.17, 15) is 29.8 Å². The van der Waals surface area contributed by atoms with E-state index < -0.39 is 21.0 Å². The molecule has 0 unspecified atom stereocenters. The summed E-state index contributed by atoms with van der Waals surface area (Å²) in [5.74, 6) is 0.362. The van der Waals surface area contributed by atoms with Crippen LogP contribution in [0.15, 0.2) is 71.6 Å². The molecular weight excluding hydrogens is 514 g/mol. The number of benzene rings is 3. The van der Waals surface area contributed by atoms with Gasteiger partial charge in [0.05, 0.1) is 27.9 Å². The van der Waals surface area contributed by atoms with Crippen LogP contribution in [0.5, 0.6) is 11.5 Å². The number of hydrogen-bond donors (Lipinski definition) is 0. The number of thioether (sulfide) groups is 1. The molecule has 4 rings (SSSR count). The monoisotopic (exact) mass is 535 g/mol. The highest BCUT2D eigenvalue weighted by atomic mass is 32.2. The van der Waals surface area contributed by atoms with Crippen LogP contribution < -0.4 is 9.47 Å². The lowest BCUT2D eigenvalue weighted by atomic mass is 10.1. The first-order valence-corrected chi connectivity index (χ1v) is 12.2. The van der Waals surface area contributed by atoms with Gasteiger partial charge in [-0.25, -0.2) is 0 Å². The number of ether oxygens (including phenoxy) is 2. The predicted octanol–water partition coefficient (Wildman–Crippen LogP) is 5.72. The summed E-state index contributed by atoms with van der Waals surface area (Å²) in [5.41, 5.74) is 1.70. The van der Waals surface area contributed by atoms with Crippen molar-refractivity contribution in [2.24, 2.45) is 0 Å². The van der Waals surface area contributed by atoms with Crippen LogP contribution in [0.4, 0.5) is 16.2 Å². The van der Waals surface area contributed by atoms with Crippen molar-refractivity contribution in [3.05, 3.63) is 109 Å². The zero-order valence-corrected chi connectivity index (χ0v) is 20.9. The number of hydrogen-bond acceptors (Lipinski definition) is 9. The summed E-state index contributed by atoms with van der Waals surface area (Å²) >= 11 is 0.802. The number of carbonyl (C=O) groups is 2. The molecule has 0 aromatic heterocycles. The molecule has 0 saturated carbocycles. The van der Waals surface area contributed by atoms with Gasteiger partial charge in [-0.15, -0.1) is 0 Å². The maximum atomic E-state index is 12.9. The standard InChI is InChI=1S/C26H21N3O8S/c1-2-36-23-13-18(8-11-22(23)37-16-19-4-3-5-21(12-19)29(34)35)14-24-25(30)27(26(31)38-24)15-17-6-9-20(10-7-17)28(32)33/h3-14H,2,15-16H2,1H3/b24-14-. The van der Waals surface area contributed by atoms with E-state index in [1.165, 1.54) is 36.4 Å². The molecule has 0 bridgehead atoms. The van der Waals surface area contributed by atoms with E-state index in [4.69, 9.17) is 9.47 Å². The highest BCUT2D eigenvalue weighted by Gasteiger charge is 2.35. The quantitative estimate of drug-likeness (QED) is 0.181. The minimum absolute atomic E-state index is 0.00533. The van der Waals surface area contributed by atoms with Crippen LogP contribution in [0.1, 0.15) is 23.6 Å². The molecule has 0 N–H and O–H groups in total. The average Bonchev–Trinajstić information content (AvgIpc) is 3.16. The Morgan fingerprint density at radius 1 is 0.868 bits per heavy atom. The minimum atomic E-state index is -0.521. The third-order valence-corrected chi connectivity index (χ3v) is 6.35. The molecule has 1 aliphatic rings. The molecule has 194 valence electrons. The second kappa shape index (κ2) is 11.6. The van der Waals surface area contributed by atoms with Crippen molar-refractivity contribution in [1.29, 1.82) is 0 Å². The van der Waals surface area contributed by atoms with Crippen molar-refractivity contribution in [2.45, 2.75) is 20.1 Å². The smallest absolute Gasteiger partial charge is 0.293 e.